The molecule has 7 unspecified atom stereocenters. The van der Waals surface area contributed by atoms with Crippen LogP contribution in [-0.4, -0.2) is 17.4 Å². The molecule has 146 valence electrons. The second kappa shape index (κ2) is 6.07. The molecule has 0 aromatic carbocycles. The summed E-state index contributed by atoms with van der Waals surface area (Å²) in [4.78, 5) is 24.1. The molecule has 0 bridgehead atoms. The van der Waals surface area contributed by atoms with Crippen LogP contribution in [0.25, 0.3) is 0 Å². The molecule has 3 nitrogen and oxygen atoms in total. The van der Waals surface area contributed by atoms with E-state index in [0.717, 1.165) is 37.0 Å². The fourth-order valence-corrected chi connectivity index (χ4v) is 7.98. The zero-order valence-corrected chi connectivity index (χ0v) is 17.1. The van der Waals surface area contributed by atoms with Crippen molar-refractivity contribution in [2.45, 2.75) is 97.5 Å². The highest BCUT2D eigenvalue weighted by Crippen LogP contribution is 2.67. The molecule has 0 aliphatic heterocycles. The van der Waals surface area contributed by atoms with Crippen molar-refractivity contribution in [2.24, 2.45) is 34.5 Å². The van der Waals surface area contributed by atoms with Crippen LogP contribution in [0, 0.1) is 34.5 Å². The van der Waals surface area contributed by atoms with Crippen LogP contribution in [0.1, 0.15) is 91.9 Å². The Morgan fingerprint density at radius 3 is 2.35 bits per heavy atom. The Kier molecular flexibility index (Phi) is 4.32. The minimum atomic E-state index is -0.848. The van der Waals surface area contributed by atoms with Gasteiger partial charge in [-0.05, 0) is 99.2 Å². The average molecular weight is 361 g/mol. The third kappa shape index (κ3) is 2.59. The van der Waals surface area contributed by atoms with Gasteiger partial charge in [0.15, 0.2) is 11.4 Å². The lowest BCUT2D eigenvalue weighted by Crippen LogP contribution is -2.57. The van der Waals surface area contributed by atoms with Crippen LogP contribution in [0.5, 0.6) is 0 Å². The molecule has 3 heteroatoms. The fourth-order valence-electron chi connectivity index (χ4n) is 7.98. The zero-order valence-electron chi connectivity index (χ0n) is 17.1. The first kappa shape index (κ1) is 18.5. The number of carbonyl (C=O) groups excluding carboxylic acids is 2. The SMILES string of the molecule is CC(=O)OC1(C(C)=O)CCC2(C)C(CCC3C4CCCC4(C)CCC32)C1. The van der Waals surface area contributed by atoms with E-state index in [1.165, 1.54) is 51.9 Å². The number of Topliss-reactive ketones (excluding diaryl/α,β-unsaturated/α-hetero) is 1. The van der Waals surface area contributed by atoms with Crippen LogP contribution in [0.4, 0.5) is 0 Å². The Morgan fingerprint density at radius 1 is 0.885 bits per heavy atom. The van der Waals surface area contributed by atoms with Gasteiger partial charge < -0.3 is 4.74 Å². The first-order chi connectivity index (χ1) is 12.2. The van der Waals surface area contributed by atoms with E-state index >= 15 is 0 Å². The minimum absolute atomic E-state index is 0.0453. The molecule has 0 saturated heterocycles. The summed E-state index contributed by atoms with van der Waals surface area (Å²) in [5.41, 5.74) is 0.0746. The van der Waals surface area contributed by atoms with Crippen LogP contribution in [-0.2, 0) is 14.3 Å². The van der Waals surface area contributed by atoms with Gasteiger partial charge in [0.05, 0.1) is 0 Å². The molecule has 4 rings (SSSR count). The summed E-state index contributed by atoms with van der Waals surface area (Å²) >= 11 is 0. The van der Waals surface area contributed by atoms with E-state index in [2.05, 4.69) is 13.8 Å². The monoisotopic (exact) mass is 360 g/mol. The molecule has 4 aliphatic carbocycles. The maximum absolute atomic E-state index is 12.4. The van der Waals surface area contributed by atoms with E-state index in [-0.39, 0.29) is 11.8 Å². The predicted octanol–water partition coefficient (Wildman–Crippen LogP) is 5.31. The highest BCUT2D eigenvalue weighted by Gasteiger charge is 2.60. The molecule has 0 aromatic rings. The summed E-state index contributed by atoms with van der Waals surface area (Å²) < 4.78 is 5.67. The van der Waals surface area contributed by atoms with Crippen LogP contribution >= 0.6 is 0 Å². The Hall–Kier alpha value is -0.860. The van der Waals surface area contributed by atoms with Crippen molar-refractivity contribution in [1.29, 1.82) is 0 Å². The second-order valence-electron chi connectivity index (χ2n) is 10.6. The average Bonchev–Trinajstić information content (AvgIpc) is 2.96. The third-order valence-electron chi connectivity index (χ3n) is 9.47. The largest absolute Gasteiger partial charge is 0.451 e. The molecule has 7 atom stereocenters. The van der Waals surface area contributed by atoms with Crippen LogP contribution < -0.4 is 0 Å². The highest BCUT2D eigenvalue weighted by molar-refractivity contribution is 5.87. The van der Waals surface area contributed by atoms with Gasteiger partial charge in [0, 0.05) is 6.92 Å². The van der Waals surface area contributed by atoms with E-state index in [9.17, 15) is 9.59 Å². The molecule has 0 N–H and O–H groups in total. The number of rotatable bonds is 2. The quantitative estimate of drug-likeness (QED) is 0.627. The van der Waals surface area contributed by atoms with Gasteiger partial charge in [-0.1, -0.05) is 20.3 Å². The lowest BCUT2D eigenvalue weighted by molar-refractivity contribution is -0.186. The number of esters is 1. The number of ketones is 1. The van der Waals surface area contributed by atoms with E-state index in [0.29, 0.717) is 16.7 Å². The number of hydrogen-bond donors (Lipinski definition) is 0. The van der Waals surface area contributed by atoms with Gasteiger partial charge in [-0.3, -0.25) is 9.59 Å². The molecule has 0 amide bonds. The number of ether oxygens (including phenoxy) is 1. The van der Waals surface area contributed by atoms with Gasteiger partial charge in [-0.15, -0.1) is 0 Å². The Bertz CT molecular complexity index is 613. The summed E-state index contributed by atoms with van der Waals surface area (Å²) in [6, 6.07) is 0. The fraction of sp³-hybridized carbons (Fsp3) is 0.913. The maximum Gasteiger partial charge on any atom is 0.303 e. The van der Waals surface area contributed by atoms with Crippen LogP contribution in [0.2, 0.25) is 0 Å². The zero-order chi connectivity index (χ0) is 18.7. The normalized spacial score (nSPS) is 50.3. The van der Waals surface area contributed by atoms with Crippen molar-refractivity contribution in [2.75, 3.05) is 0 Å². The van der Waals surface area contributed by atoms with E-state index < -0.39 is 5.60 Å². The Morgan fingerprint density at radius 2 is 1.65 bits per heavy atom. The summed E-state index contributed by atoms with van der Waals surface area (Å²) in [6.45, 7) is 8.11. The smallest absolute Gasteiger partial charge is 0.303 e. The lowest BCUT2D eigenvalue weighted by atomic mass is 9.44. The molecule has 4 fully saturated rings. The number of carbonyl (C=O) groups is 2. The van der Waals surface area contributed by atoms with Gasteiger partial charge in [-0.25, -0.2) is 0 Å². The van der Waals surface area contributed by atoms with E-state index in [1.54, 1.807) is 6.92 Å². The summed E-state index contributed by atoms with van der Waals surface area (Å²) in [5, 5.41) is 0. The molecule has 0 radical (unpaired) electrons. The predicted molar refractivity (Wildman–Crippen MR) is 102 cm³/mol. The van der Waals surface area contributed by atoms with Crippen molar-refractivity contribution in [3.05, 3.63) is 0 Å². The summed E-state index contributed by atoms with van der Waals surface area (Å²) in [5.74, 6) is 2.87. The third-order valence-corrected chi connectivity index (χ3v) is 9.47. The van der Waals surface area contributed by atoms with Crippen molar-refractivity contribution in [3.8, 4) is 0 Å². The van der Waals surface area contributed by atoms with Gasteiger partial charge in [-0.2, -0.15) is 0 Å². The Balaban J connectivity index is 1.59. The Labute approximate surface area is 158 Å². The molecule has 4 saturated carbocycles. The van der Waals surface area contributed by atoms with Crippen molar-refractivity contribution in [3.63, 3.8) is 0 Å². The van der Waals surface area contributed by atoms with Crippen LogP contribution in [0.3, 0.4) is 0 Å². The van der Waals surface area contributed by atoms with Crippen LogP contribution in [0.15, 0.2) is 0 Å². The number of fused-ring (bicyclic) bond motifs is 5. The second-order valence-corrected chi connectivity index (χ2v) is 10.6. The first-order valence-corrected chi connectivity index (χ1v) is 10.9. The van der Waals surface area contributed by atoms with Gasteiger partial charge >= 0.3 is 5.97 Å². The first-order valence-electron chi connectivity index (χ1n) is 10.9. The molecule has 4 aliphatic rings. The molecule has 0 heterocycles. The highest BCUT2D eigenvalue weighted by atomic mass is 16.6. The van der Waals surface area contributed by atoms with Crippen molar-refractivity contribution >= 4 is 11.8 Å². The molecule has 26 heavy (non-hydrogen) atoms. The molecule has 0 spiro atoms. The molecule has 0 aromatic heterocycles. The van der Waals surface area contributed by atoms with E-state index in [4.69, 9.17) is 4.74 Å². The summed E-state index contributed by atoms with van der Waals surface area (Å²) in [7, 11) is 0. The topological polar surface area (TPSA) is 43.4 Å². The summed E-state index contributed by atoms with van der Waals surface area (Å²) in [6.07, 6.45) is 12.1. The maximum atomic E-state index is 12.4. The molecular formula is C23H36O3. The van der Waals surface area contributed by atoms with Gasteiger partial charge in [0.2, 0.25) is 0 Å². The lowest BCUT2D eigenvalue weighted by Gasteiger charge is -2.61. The standard InChI is InChI=1S/C23H36O3/c1-15(24)23(26-16(2)25)13-12-22(4)17(14-23)7-8-18-19-6-5-10-21(19,3)11-9-20(18)22/h17-20H,5-14H2,1-4H3. The van der Waals surface area contributed by atoms with Gasteiger partial charge in [0.25, 0.3) is 0 Å². The number of hydrogen-bond acceptors (Lipinski definition) is 3. The van der Waals surface area contributed by atoms with Crippen molar-refractivity contribution < 1.29 is 14.3 Å². The molecular weight excluding hydrogens is 324 g/mol. The van der Waals surface area contributed by atoms with Crippen molar-refractivity contribution in [1.82, 2.24) is 0 Å². The van der Waals surface area contributed by atoms with Gasteiger partial charge in [0.1, 0.15) is 0 Å². The minimum Gasteiger partial charge on any atom is -0.451 e. The van der Waals surface area contributed by atoms with E-state index in [1.807, 2.05) is 0 Å².